The molecule has 1 amide bonds. The Morgan fingerprint density at radius 1 is 1.19 bits per heavy atom. The van der Waals surface area contributed by atoms with E-state index in [-0.39, 0.29) is 18.2 Å². The zero-order valence-electron chi connectivity index (χ0n) is 14.0. The Morgan fingerprint density at radius 2 is 1.92 bits per heavy atom. The van der Waals surface area contributed by atoms with Crippen LogP contribution in [0.5, 0.6) is 5.75 Å². The summed E-state index contributed by atoms with van der Waals surface area (Å²) in [7, 11) is 1.79. The largest absolute Gasteiger partial charge is 0.481 e. The lowest BCUT2D eigenvalue weighted by Crippen LogP contribution is -2.34. The fourth-order valence-electron chi connectivity index (χ4n) is 2.52. The maximum absolute atomic E-state index is 13.6. The first kappa shape index (κ1) is 17.6. The van der Waals surface area contributed by atoms with E-state index >= 15 is 0 Å². The van der Waals surface area contributed by atoms with Crippen LogP contribution in [0.1, 0.15) is 17.4 Å². The van der Waals surface area contributed by atoms with Crippen LogP contribution in [0.25, 0.3) is 0 Å². The van der Waals surface area contributed by atoms with Gasteiger partial charge in [0.2, 0.25) is 0 Å². The van der Waals surface area contributed by atoms with E-state index in [1.54, 1.807) is 42.2 Å². The van der Waals surface area contributed by atoms with Crippen molar-refractivity contribution in [2.45, 2.75) is 6.04 Å². The van der Waals surface area contributed by atoms with Gasteiger partial charge >= 0.3 is 0 Å². The molecule has 0 unspecified atom stereocenters. The van der Waals surface area contributed by atoms with Gasteiger partial charge in [0.05, 0.1) is 0 Å². The van der Waals surface area contributed by atoms with Gasteiger partial charge in [-0.1, -0.05) is 24.3 Å². The van der Waals surface area contributed by atoms with Crippen molar-refractivity contribution in [2.75, 3.05) is 6.61 Å². The molecule has 1 N–H and O–H groups in total. The molecule has 5 nitrogen and oxygen atoms in total. The van der Waals surface area contributed by atoms with E-state index < -0.39 is 17.8 Å². The molecular weight excluding hydrogens is 340 g/mol. The number of halogens is 2. The van der Waals surface area contributed by atoms with E-state index in [4.69, 9.17) is 4.74 Å². The number of nitrogens with one attached hydrogen (secondary N) is 1. The molecular formula is C19H17F2N3O2. The summed E-state index contributed by atoms with van der Waals surface area (Å²) in [6.07, 6.45) is 3.35. The Morgan fingerprint density at radius 3 is 2.58 bits per heavy atom. The summed E-state index contributed by atoms with van der Waals surface area (Å²) in [5.41, 5.74) is 0.667. The Hall–Kier alpha value is -3.22. The maximum atomic E-state index is 13.6. The molecule has 1 aromatic heterocycles. The van der Waals surface area contributed by atoms with Gasteiger partial charge in [-0.2, -0.15) is 0 Å². The second-order valence-electron chi connectivity index (χ2n) is 5.67. The number of ether oxygens (including phenoxy) is 1. The molecule has 134 valence electrons. The van der Waals surface area contributed by atoms with Gasteiger partial charge in [0.1, 0.15) is 17.7 Å². The number of carbonyl (C=O) groups excluding carboxylic acids is 1. The van der Waals surface area contributed by atoms with Gasteiger partial charge in [-0.25, -0.2) is 13.8 Å². The van der Waals surface area contributed by atoms with Crippen molar-refractivity contribution < 1.29 is 18.3 Å². The fourth-order valence-corrected chi connectivity index (χ4v) is 2.52. The molecule has 0 aliphatic rings. The van der Waals surface area contributed by atoms with E-state index in [9.17, 15) is 13.6 Å². The predicted molar refractivity (Wildman–Crippen MR) is 91.5 cm³/mol. The van der Waals surface area contributed by atoms with Crippen LogP contribution in [-0.2, 0) is 11.8 Å². The zero-order valence-corrected chi connectivity index (χ0v) is 14.0. The van der Waals surface area contributed by atoms with Crippen LogP contribution in [0.15, 0.2) is 60.9 Å². The van der Waals surface area contributed by atoms with Gasteiger partial charge in [-0.3, -0.25) is 4.79 Å². The van der Waals surface area contributed by atoms with Crippen molar-refractivity contribution in [3.8, 4) is 5.75 Å². The van der Waals surface area contributed by atoms with Gasteiger partial charge in [0, 0.05) is 19.4 Å². The van der Waals surface area contributed by atoms with Gasteiger partial charge in [0.15, 0.2) is 18.2 Å². The van der Waals surface area contributed by atoms with Crippen LogP contribution in [-0.4, -0.2) is 22.1 Å². The minimum absolute atomic E-state index is 0.00188. The number of aryl methyl sites for hydroxylation is 1. The normalized spacial score (nSPS) is 11.8. The summed E-state index contributed by atoms with van der Waals surface area (Å²) in [5.74, 6) is -0.791. The van der Waals surface area contributed by atoms with Crippen molar-refractivity contribution in [3.05, 3.63) is 83.9 Å². The molecule has 0 radical (unpaired) electrons. The minimum atomic E-state index is -0.590. The molecule has 0 aliphatic carbocycles. The number of benzene rings is 2. The first-order valence-corrected chi connectivity index (χ1v) is 7.94. The number of para-hydroxylation sites is 1. The smallest absolute Gasteiger partial charge is 0.258 e. The summed E-state index contributed by atoms with van der Waals surface area (Å²) in [6, 6.07) is 11.0. The molecule has 7 heteroatoms. The molecule has 0 aliphatic heterocycles. The van der Waals surface area contributed by atoms with Crippen molar-refractivity contribution in [2.24, 2.45) is 7.05 Å². The minimum Gasteiger partial charge on any atom is -0.481 e. The summed E-state index contributed by atoms with van der Waals surface area (Å²) < 4.78 is 33.8. The molecule has 26 heavy (non-hydrogen) atoms. The Kier molecular flexibility index (Phi) is 5.26. The van der Waals surface area contributed by atoms with E-state index in [0.717, 1.165) is 0 Å². The Labute approximate surface area is 149 Å². The lowest BCUT2D eigenvalue weighted by Gasteiger charge is -2.19. The highest BCUT2D eigenvalue weighted by Crippen LogP contribution is 2.21. The molecule has 0 spiro atoms. The molecule has 0 fully saturated rings. The number of aromatic nitrogens is 2. The average Bonchev–Trinajstić information content (AvgIpc) is 3.05. The number of hydrogen-bond acceptors (Lipinski definition) is 3. The van der Waals surface area contributed by atoms with E-state index in [1.165, 1.54) is 30.3 Å². The fraction of sp³-hybridized carbons (Fsp3) is 0.158. The number of hydrogen-bond donors (Lipinski definition) is 1. The average molecular weight is 357 g/mol. The second-order valence-corrected chi connectivity index (χ2v) is 5.67. The molecule has 3 aromatic rings. The maximum Gasteiger partial charge on any atom is 0.258 e. The predicted octanol–water partition coefficient (Wildman–Crippen LogP) is 2.98. The number of nitrogens with zero attached hydrogens (tertiary/aromatic N) is 2. The number of imidazole rings is 1. The van der Waals surface area contributed by atoms with E-state index in [1.807, 2.05) is 0 Å². The molecule has 3 rings (SSSR count). The molecule has 1 atom stereocenters. The van der Waals surface area contributed by atoms with E-state index in [0.29, 0.717) is 11.4 Å². The quantitative estimate of drug-likeness (QED) is 0.738. The topological polar surface area (TPSA) is 56.2 Å². The second kappa shape index (κ2) is 7.77. The van der Waals surface area contributed by atoms with Crippen LogP contribution < -0.4 is 10.1 Å². The standard InChI is InChI=1S/C19H17F2N3O2/c1-24-11-10-22-19(24)18(13-6-8-14(20)9-7-13)23-17(25)12-26-16-5-3-2-4-15(16)21/h2-11,18H,12H2,1H3,(H,23,25)/t18-/m1/s1. The van der Waals surface area contributed by atoms with Crippen molar-refractivity contribution >= 4 is 5.91 Å². The monoisotopic (exact) mass is 357 g/mol. The Bertz CT molecular complexity index is 894. The lowest BCUT2D eigenvalue weighted by atomic mass is 10.1. The van der Waals surface area contributed by atoms with Crippen LogP contribution in [0, 0.1) is 11.6 Å². The molecule has 0 saturated heterocycles. The number of amides is 1. The molecule has 0 bridgehead atoms. The van der Waals surface area contributed by atoms with Gasteiger partial charge in [-0.15, -0.1) is 0 Å². The van der Waals surface area contributed by atoms with Gasteiger partial charge in [-0.05, 0) is 29.8 Å². The van der Waals surface area contributed by atoms with Crippen molar-refractivity contribution in [1.29, 1.82) is 0 Å². The first-order chi connectivity index (χ1) is 12.5. The van der Waals surface area contributed by atoms with Crippen LogP contribution in [0.2, 0.25) is 0 Å². The summed E-state index contributed by atoms with van der Waals surface area (Å²) >= 11 is 0. The SMILES string of the molecule is Cn1ccnc1[C@H](NC(=O)COc1ccccc1F)c1ccc(F)cc1. The Balaban J connectivity index is 1.75. The third-order valence-corrected chi connectivity index (χ3v) is 3.82. The van der Waals surface area contributed by atoms with Gasteiger partial charge < -0.3 is 14.6 Å². The first-order valence-electron chi connectivity index (χ1n) is 7.94. The summed E-state index contributed by atoms with van der Waals surface area (Å²) in [6.45, 7) is -0.358. The molecule has 2 aromatic carbocycles. The molecule has 1 heterocycles. The van der Waals surface area contributed by atoms with Crippen molar-refractivity contribution in [3.63, 3.8) is 0 Å². The van der Waals surface area contributed by atoms with Crippen molar-refractivity contribution in [1.82, 2.24) is 14.9 Å². The number of rotatable bonds is 6. The highest BCUT2D eigenvalue weighted by atomic mass is 19.1. The number of carbonyl (C=O) groups is 1. The summed E-state index contributed by atoms with van der Waals surface area (Å²) in [5, 5.41) is 2.79. The van der Waals surface area contributed by atoms with Crippen LogP contribution in [0.4, 0.5) is 8.78 Å². The third kappa shape index (κ3) is 4.05. The van der Waals surface area contributed by atoms with E-state index in [2.05, 4.69) is 10.3 Å². The highest BCUT2D eigenvalue weighted by Gasteiger charge is 2.21. The zero-order chi connectivity index (χ0) is 18.5. The highest BCUT2D eigenvalue weighted by molar-refractivity contribution is 5.78. The van der Waals surface area contributed by atoms with Crippen LogP contribution in [0.3, 0.4) is 0 Å². The van der Waals surface area contributed by atoms with Gasteiger partial charge in [0.25, 0.3) is 5.91 Å². The summed E-state index contributed by atoms with van der Waals surface area (Å²) in [4.78, 5) is 16.6. The van der Waals surface area contributed by atoms with Crippen LogP contribution >= 0.6 is 0 Å². The third-order valence-electron chi connectivity index (χ3n) is 3.82. The molecule has 0 saturated carbocycles. The lowest BCUT2D eigenvalue weighted by molar-refractivity contribution is -0.123.